The normalized spacial score (nSPS) is 22.5. The van der Waals surface area contributed by atoms with Crippen molar-refractivity contribution in [2.45, 2.75) is 104 Å². The van der Waals surface area contributed by atoms with Crippen molar-refractivity contribution in [2.24, 2.45) is 0 Å². The first-order valence-corrected chi connectivity index (χ1v) is 14.7. The van der Waals surface area contributed by atoms with Crippen molar-refractivity contribution in [3.8, 4) is 17.0 Å². The van der Waals surface area contributed by atoms with Gasteiger partial charge in [0.25, 0.3) is 0 Å². The lowest BCUT2D eigenvalue weighted by molar-refractivity contribution is -0.270. The van der Waals surface area contributed by atoms with Gasteiger partial charge in [-0.3, -0.25) is 19.2 Å². The zero-order valence-corrected chi connectivity index (χ0v) is 25.3. The van der Waals surface area contributed by atoms with Crippen molar-refractivity contribution in [3.05, 3.63) is 35.5 Å². The molecule has 0 saturated carbocycles. The van der Waals surface area contributed by atoms with Crippen LogP contribution in [0.3, 0.4) is 0 Å². The Morgan fingerprint density at radius 2 is 1.53 bits per heavy atom. The number of aryl methyl sites for hydroxylation is 2. The highest BCUT2D eigenvalue weighted by Gasteiger charge is 2.53. The first kappa shape index (κ1) is 32.0. The van der Waals surface area contributed by atoms with E-state index in [2.05, 4.69) is 12.0 Å². The molecule has 0 unspecified atom stereocenters. The Kier molecular flexibility index (Phi) is 10.8. The molecule has 4 rings (SSSR count). The van der Waals surface area contributed by atoms with Crippen molar-refractivity contribution >= 4 is 23.9 Å². The van der Waals surface area contributed by atoms with Crippen molar-refractivity contribution in [1.82, 2.24) is 9.78 Å². The number of hydrogen-bond acceptors (Lipinski definition) is 11. The molecule has 0 amide bonds. The fourth-order valence-corrected chi connectivity index (χ4v) is 5.56. The molecule has 2 heterocycles. The Morgan fingerprint density at radius 1 is 0.860 bits per heavy atom. The summed E-state index contributed by atoms with van der Waals surface area (Å²) in [6, 6.07) is 5.92. The van der Waals surface area contributed by atoms with Gasteiger partial charge in [-0.25, -0.2) is 4.68 Å². The van der Waals surface area contributed by atoms with Crippen LogP contribution in [0.25, 0.3) is 11.3 Å². The second-order valence-electron chi connectivity index (χ2n) is 10.8. The lowest BCUT2D eigenvalue weighted by Gasteiger charge is -2.44. The SMILES string of the molecule is CCCCCCOc1ccc2c(c1)CCc1cnn([C@@H]3O[C@H](COC(C)=O)[C@@H](OC(C)=O)[C@H](OC(C)=O)[C@H]3OC(C)=O)c1-2. The average Bonchev–Trinajstić information content (AvgIpc) is 3.37. The summed E-state index contributed by atoms with van der Waals surface area (Å²) in [6.45, 7) is 7.33. The third-order valence-corrected chi connectivity index (χ3v) is 7.34. The molecule has 2 aromatic rings. The van der Waals surface area contributed by atoms with Crippen LogP contribution in [0.2, 0.25) is 0 Å². The number of benzene rings is 1. The van der Waals surface area contributed by atoms with Gasteiger partial charge < -0.3 is 28.4 Å². The number of aromatic nitrogens is 2. The number of unbranched alkanes of at least 4 members (excludes halogenated alkanes) is 3. The largest absolute Gasteiger partial charge is 0.494 e. The number of fused-ring (bicyclic) bond motifs is 3. The van der Waals surface area contributed by atoms with E-state index in [4.69, 9.17) is 28.4 Å². The van der Waals surface area contributed by atoms with Crippen molar-refractivity contribution < 1.29 is 47.6 Å². The maximum atomic E-state index is 12.3. The highest BCUT2D eigenvalue weighted by atomic mass is 16.7. The lowest BCUT2D eigenvalue weighted by Crippen LogP contribution is -2.60. The van der Waals surface area contributed by atoms with E-state index in [9.17, 15) is 19.2 Å². The zero-order valence-electron chi connectivity index (χ0n) is 25.3. The summed E-state index contributed by atoms with van der Waals surface area (Å²) in [7, 11) is 0. The predicted molar refractivity (Wildman–Crippen MR) is 152 cm³/mol. The molecule has 1 aromatic heterocycles. The topological polar surface area (TPSA) is 141 Å². The number of rotatable bonds is 12. The molecule has 0 spiro atoms. The molecule has 234 valence electrons. The quantitative estimate of drug-likeness (QED) is 0.199. The van der Waals surface area contributed by atoms with Gasteiger partial charge in [0, 0.05) is 33.3 Å². The molecular weight excluding hydrogens is 560 g/mol. The van der Waals surface area contributed by atoms with Gasteiger partial charge >= 0.3 is 23.9 Å². The van der Waals surface area contributed by atoms with Gasteiger partial charge in [-0.1, -0.05) is 26.2 Å². The zero-order chi connectivity index (χ0) is 31.1. The van der Waals surface area contributed by atoms with Crippen LogP contribution in [0.15, 0.2) is 24.4 Å². The number of esters is 4. The van der Waals surface area contributed by atoms with Crippen LogP contribution >= 0.6 is 0 Å². The Balaban J connectivity index is 1.72. The summed E-state index contributed by atoms with van der Waals surface area (Å²) in [5.74, 6) is -1.84. The number of carbonyl (C=O) groups excluding carboxylic acids is 4. The molecule has 1 aliphatic carbocycles. The van der Waals surface area contributed by atoms with Crippen LogP contribution in [0.5, 0.6) is 5.75 Å². The van der Waals surface area contributed by atoms with E-state index in [1.807, 2.05) is 18.2 Å². The van der Waals surface area contributed by atoms with E-state index in [0.717, 1.165) is 53.8 Å². The molecule has 1 aromatic carbocycles. The van der Waals surface area contributed by atoms with E-state index >= 15 is 0 Å². The summed E-state index contributed by atoms with van der Waals surface area (Å²) in [5.41, 5.74) is 3.67. The number of nitrogens with zero attached hydrogens (tertiary/aromatic N) is 2. The second-order valence-corrected chi connectivity index (χ2v) is 10.8. The Morgan fingerprint density at radius 3 is 2.21 bits per heavy atom. The molecule has 1 saturated heterocycles. The van der Waals surface area contributed by atoms with Gasteiger partial charge in [-0.05, 0) is 48.6 Å². The minimum Gasteiger partial charge on any atom is -0.494 e. The molecular formula is C31H40N2O10. The molecule has 12 heteroatoms. The van der Waals surface area contributed by atoms with Gasteiger partial charge in [-0.2, -0.15) is 5.10 Å². The summed E-state index contributed by atoms with van der Waals surface area (Å²) < 4.78 is 36.0. The molecule has 43 heavy (non-hydrogen) atoms. The van der Waals surface area contributed by atoms with Crippen LogP contribution in [0.1, 0.15) is 77.7 Å². The molecule has 0 radical (unpaired) electrons. The lowest BCUT2D eigenvalue weighted by atomic mass is 9.89. The van der Waals surface area contributed by atoms with Crippen molar-refractivity contribution in [2.75, 3.05) is 13.2 Å². The van der Waals surface area contributed by atoms with Gasteiger partial charge in [0.05, 0.1) is 18.5 Å². The Labute approximate surface area is 250 Å². The van der Waals surface area contributed by atoms with Gasteiger partial charge in [0.1, 0.15) is 18.5 Å². The van der Waals surface area contributed by atoms with Gasteiger partial charge in [0.2, 0.25) is 0 Å². The number of hydrogen-bond donors (Lipinski definition) is 0. The first-order valence-electron chi connectivity index (χ1n) is 14.7. The first-order chi connectivity index (χ1) is 20.6. The summed E-state index contributed by atoms with van der Waals surface area (Å²) in [6.07, 6.45) is 1.70. The van der Waals surface area contributed by atoms with E-state index in [1.54, 1.807) is 10.9 Å². The molecule has 5 atom stereocenters. The number of ether oxygens (including phenoxy) is 6. The highest BCUT2D eigenvalue weighted by Crippen LogP contribution is 2.41. The molecule has 2 aliphatic rings. The molecule has 1 fully saturated rings. The molecule has 1 aliphatic heterocycles. The summed E-state index contributed by atoms with van der Waals surface area (Å²) in [5, 5.41) is 4.62. The Hall–Kier alpha value is -3.93. The minimum atomic E-state index is -1.28. The van der Waals surface area contributed by atoms with E-state index in [0.29, 0.717) is 13.0 Å². The molecule has 0 bridgehead atoms. The average molecular weight is 601 g/mol. The maximum absolute atomic E-state index is 12.3. The highest BCUT2D eigenvalue weighted by molar-refractivity contribution is 5.71. The fourth-order valence-electron chi connectivity index (χ4n) is 5.56. The summed E-state index contributed by atoms with van der Waals surface area (Å²) >= 11 is 0. The third-order valence-electron chi connectivity index (χ3n) is 7.34. The van der Waals surface area contributed by atoms with E-state index in [-0.39, 0.29) is 6.61 Å². The molecule has 12 nitrogen and oxygen atoms in total. The number of carbonyl (C=O) groups is 4. The molecule has 0 N–H and O–H groups in total. The Bertz CT molecular complexity index is 1320. The van der Waals surface area contributed by atoms with Crippen LogP contribution in [0, 0.1) is 0 Å². The summed E-state index contributed by atoms with van der Waals surface area (Å²) in [4.78, 5) is 48.3. The van der Waals surface area contributed by atoms with Crippen molar-refractivity contribution in [3.63, 3.8) is 0 Å². The third kappa shape index (κ3) is 7.92. The fraction of sp³-hybridized carbons (Fsp3) is 0.581. The van der Waals surface area contributed by atoms with Crippen LogP contribution in [0.4, 0.5) is 0 Å². The smallest absolute Gasteiger partial charge is 0.303 e. The maximum Gasteiger partial charge on any atom is 0.303 e. The monoisotopic (exact) mass is 600 g/mol. The predicted octanol–water partition coefficient (Wildman–Crippen LogP) is 3.86. The standard InChI is InChI=1S/C31H40N2O10/c1-6-7-8-9-14-38-24-12-13-25-22(15-24)10-11-23-16-32-33(27(23)25)31-30(42-21(5)37)29(41-20(4)36)28(40-19(3)35)26(43-31)17-39-18(2)34/h12-13,15-16,26,28-31H,6-11,14,17H2,1-5H3/t26-,28-,29+,30-,31-/m1/s1. The van der Waals surface area contributed by atoms with Crippen LogP contribution in [-0.4, -0.2) is 71.3 Å². The van der Waals surface area contributed by atoms with Gasteiger partial charge in [-0.15, -0.1) is 0 Å². The second kappa shape index (κ2) is 14.5. The van der Waals surface area contributed by atoms with E-state index in [1.165, 1.54) is 34.1 Å². The van der Waals surface area contributed by atoms with Crippen LogP contribution in [-0.2, 0) is 55.7 Å². The van der Waals surface area contributed by atoms with Crippen LogP contribution < -0.4 is 4.74 Å². The minimum absolute atomic E-state index is 0.312. The van der Waals surface area contributed by atoms with E-state index < -0.39 is 54.5 Å². The van der Waals surface area contributed by atoms with Gasteiger partial charge in [0.15, 0.2) is 24.5 Å². The van der Waals surface area contributed by atoms with Crippen molar-refractivity contribution in [1.29, 1.82) is 0 Å².